The molecule has 0 unspecified atom stereocenters. The lowest BCUT2D eigenvalue weighted by Crippen LogP contribution is -2.36. The van der Waals surface area contributed by atoms with E-state index in [1.54, 1.807) is 12.1 Å². The SMILES string of the molecule is Fc1ccccc1-c1noc(N2CCOCC2)c1CNC1CC1. The van der Waals surface area contributed by atoms with Crippen molar-refractivity contribution >= 4 is 5.88 Å². The molecule has 1 aromatic carbocycles. The minimum Gasteiger partial charge on any atom is -0.378 e. The van der Waals surface area contributed by atoms with Gasteiger partial charge < -0.3 is 19.5 Å². The van der Waals surface area contributed by atoms with Crippen LogP contribution in [0.2, 0.25) is 0 Å². The standard InChI is InChI=1S/C17H20FN3O2/c18-15-4-2-1-3-13(15)16-14(11-19-12-5-6-12)17(23-20-16)21-7-9-22-10-8-21/h1-4,12,19H,5-11H2. The van der Waals surface area contributed by atoms with Crippen LogP contribution in [0, 0.1) is 5.82 Å². The predicted molar refractivity (Wildman–Crippen MR) is 84.8 cm³/mol. The molecule has 23 heavy (non-hydrogen) atoms. The van der Waals surface area contributed by atoms with Gasteiger partial charge in [0.2, 0.25) is 5.88 Å². The van der Waals surface area contributed by atoms with Crippen molar-refractivity contribution in [2.24, 2.45) is 0 Å². The molecule has 0 spiro atoms. The zero-order chi connectivity index (χ0) is 15.6. The third kappa shape index (κ3) is 3.09. The van der Waals surface area contributed by atoms with Crippen molar-refractivity contribution < 1.29 is 13.7 Å². The Morgan fingerprint density at radius 2 is 2.00 bits per heavy atom. The minimum atomic E-state index is -0.276. The second kappa shape index (κ2) is 6.29. The summed E-state index contributed by atoms with van der Waals surface area (Å²) in [6.07, 6.45) is 2.40. The summed E-state index contributed by atoms with van der Waals surface area (Å²) < 4.78 is 25.2. The predicted octanol–water partition coefficient (Wildman–Crippen LogP) is 2.57. The van der Waals surface area contributed by atoms with Crippen molar-refractivity contribution in [3.8, 4) is 11.3 Å². The summed E-state index contributed by atoms with van der Waals surface area (Å²) in [6.45, 7) is 3.52. The molecule has 6 heteroatoms. The first-order valence-corrected chi connectivity index (χ1v) is 8.12. The Labute approximate surface area is 134 Å². The van der Waals surface area contributed by atoms with Gasteiger partial charge in [-0.15, -0.1) is 0 Å². The van der Waals surface area contributed by atoms with Crippen LogP contribution in [0.4, 0.5) is 10.3 Å². The van der Waals surface area contributed by atoms with E-state index in [-0.39, 0.29) is 5.82 Å². The molecule has 1 aromatic heterocycles. The van der Waals surface area contributed by atoms with E-state index in [9.17, 15) is 4.39 Å². The Bertz CT molecular complexity index is 678. The quantitative estimate of drug-likeness (QED) is 0.918. The number of ether oxygens (including phenoxy) is 1. The number of hydrogen-bond acceptors (Lipinski definition) is 5. The number of nitrogens with one attached hydrogen (secondary N) is 1. The van der Waals surface area contributed by atoms with Crippen molar-refractivity contribution in [3.63, 3.8) is 0 Å². The molecule has 0 amide bonds. The van der Waals surface area contributed by atoms with E-state index in [0.29, 0.717) is 37.1 Å². The first kappa shape index (κ1) is 14.7. The lowest BCUT2D eigenvalue weighted by molar-refractivity contribution is 0.120. The molecule has 2 aliphatic rings. The molecule has 0 atom stereocenters. The molecular weight excluding hydrogens is 297 g/mol. The Hall–Kier alpha value is -1.92. The number of benzene rings is 1. The van der Waals surface area contributed by atoms with Crippen LogP contribution >= 0.6 is 0 Å². The molecule has 1 N–H and O–H groups in total. The molecule has 4 rings (SSSR count). The van der Waals surface area contributed by atoms with E-state index < -0.39 is 0 Å². The van der Waals surface area contributed by atoms with Gasteiger partial charge >= 0.3 is 0 Å². The monoisotopic (exact) mass is 317 g/mol. The summed E-state index contributed by atoms with van der Waals surface area (Å²) in [4.78, 5) is 2.13. The molecular formula is C17H20FN3O2. The van der Waals surface area contributed by atoms with Crippen LogP contribution in [-0.4, -0.2) is 37.5 Å². The molecule has 1 aliphatic heterocycles. The largest absolute Gasteiger partial charge is 0.378 e. The van der Waals surface area contributed by atoms with Gasteiger partial charge in [-0.3, -0.25) is 0 Å². The van der Waals surface area contributed by atoms with E-state index in [0.717, 1.165) is 24.5 Å². The maximum Gasteiger partial charge on any atom is 0.232 e. The van der Waals surface area contributed by atoms with Gasteiger partial charge in [-0.05, 0) is 25.0 Å². The third-order valence-electron chi connectivity index (χ3n) is 4.34. The molecule has 1 aliphatic carbocycles. The number of hydrogen-bond donors (Lipinski definition) is 1. The maximum atomic E-state index is 14.2. The summed E-state index contributed by atoms with van der Waals surface area (Å²) >= 11 is 0. The summed E-state index contributed by atoms with van der Waals surface area (Å²) in [6, 6.07) is 7.27. The van der Waals surface area contributed by atoms with Crippen molar-refractivity contribution in [1.82, 2.24) is 10.5 Å². The Kier molecular flexibility index (Phi) is 4.01. The number of aromatic nitrogens is 1. The fourth-order valence-corrected chi connectivity index (χ4v) is 2.87. The highest BCUT2D eigenvalue weighted by Crippen LogP contribution is 2.33. The lowest BCUT2D eigenvalue weighted by Gasteiger charge is -2.26. The van der Waals surface area contributed by atoms with Crippen LogP contribution in [0.25, 0.3) is 11.3 Å². The molecule has 2 aromatic rings. The second-order valence-electron chi connectivity index (χ2n) is 6.05. The number of halogens is 1. The molecule has 2 heterocycles. The summed E-state index contributed by atoms with van der Waals surface area (Å²) in [7, 11) is 0. The van der Waals surface area contributed by atoms with E-state index in [4.69, 9.17) is 9.26 Å². The van der Waals surface area contributed by atoms with Crippen LogP contribution in [0.15, 0.2) is 28.8 Å². The van der Waals surface area contributed by atoms with E-state index >= 15 is 0 Å². The Morgan fingerprint density at radius 1 is 1.22 bits per heavy atom. The highest BCUT2D eigenvalue weighted by Gasteiger charge is 2.27. The Morgan fingerprint density at radius 3 is 2.74 bits per heavy atom. The summed E-state index contributed by atoms with van der Waals surface area (Å²) in [5.74, 6) is 0.460. The second-order valence-corrected chi connectivity index (χ2v) is 6.05. The van der Waals surface area contributed by atoms with Crippen LogP contribution in [0.3, 0.4) is 0 Å². The number of rotatable bonds is 5. The lowest BCUT2D eigenvalue weighted by atomic mass is 10.1. The zero-order valence-electron chi connectivity index (χ0n) is 12.9. The number of anilines is 1. The van der Waals surface area contributed by atoms with Gasteiger partial charge in [0.15, 0.2) is 0 Å². The first-order chi connectivity index (χ1) is 11.3. The maximum absolute atomic E-state index is 14.2. The van der Waals surface area contributed by atoms with Crippen molar-refractivity contribution in [3.05, 3.63) is 35.6 Å². The average molecular weight is 317 g/mol. The molecule has 1 saturated heterocycles. The third-order valence-corrected chi connectivity index (χ3v) is 4.34. The van der Waals surface area contributed by atoms with Crippen molar-refractivity contribution in [2.75, 3.05) is 31.2 Å². The molecule has 0 radical (unpaired) electrons. The molecule has 122 valence electrons. The van der Waals surface area contributed by atoms with E-state index in [1.807, 2.05) is 6.07 Å². The van der Waals surface area contributed by atoms with Crippen LogP contribution in [-0.2, 0) is 11.3 Å². The fourth-order valence-electron chi connectivity index (χ4n) is 2.87. The zero-order valence-corrected chi connectivity index (χ0v) is 12.9. The van der Waals surface area contributed by atoms with Gasteiger partial charge in [0.05, 0.1) is 18.8 Å². The highest BCUT2D eigenvalue weighted by atomic mass is 19.1. The summed E-state index contributed by atoms with van der Waals surface area (Å²) in [5.41, 5.74) is 2.02. The van der Waals surface area contributed by atoms with E-state index in [2.05, 4.69) is 15.4 Å². The first-order valence-electron chi connectivity index (χ1n) is 8.12. The van der Waals surface area contributed by atoms with Crippen LogP contribution < -0.4 is 10.2 Å². The highest BCUT2D eigenvalue weighted by molar-refractivity contribution is 5.68. The fraction of sp³-hybridized carbons (Fsp3) is 0.471. The number of morpholine rings is 1. The average Bonchev–Trinajstić information content (AvgIpc) is 3.33. The van der Waals surface area contributed by atoms with Crippen molar-refractivity contribution in [2.45, 2.75) is 25.4 Å². The van der Waals surface area contributed by atoms with Gasteiger partial charge in [0.1, 0.15) is 11.5 Å². The normalized spacial score (nSPS) is 18.4. The van der Waals surface area contributed by atoms with Gasteiger partial charge in [0, 0.05) is 31.2 Å². The Balaban J connectivity index is 1.69. The van der Waals surface area contributed by atoms with Gasteiger partial charge in [0.25, 0.3) is 0 Å². The van der Waals surface area contributed by atoms with Crippen molar-refractivity contribution in [1.29, 1.82) is 0 Å². The molecule has 1 saturated carbocycles. The van der Waals surface area contributed by atoms with Gasteiger partial charge in [-0.2, -0.15) is 0 Å². The van der Waals surface area contributed by atoms with Crippen LogP contribution in [0.1, 0.15) is 18.4 Å². The smallest absolute Gasteiger partial charge is 0.232 e. The van der Waals surface area contributed by atoms with Crippen LogP contribution in [0.5, 0.6) is 0 Å². The molecule has 0 bridgehead atoms. The van der Waals surface area contributed by atoms with Gasteiger partial charge in [-0.1, -0.05) is 17.3 Å². The van der Waals surface area contributed by atoms with Gasteiger partial charge in [-0.25, -0.2) is 4.39 Å². The minimum absolute atomic E-state index is 0.276. The molecule has 2 fully saturated rings. The van der Waals surface area contributed by atoms with E-state index in [1.165, 1.54) is 18.9 Å². The number of nitrogens with zero attached hydrogens (tertiary/aromatic N) is 2. The molecule has 5 nitrogen and oxygen atoms in total. The topological polar surface area (TPSA) is 50.5 Å². The summed E-state index contributed by atoms with van der Waals surface area (Å²) in [5, 5.41) is 7.67.